The zero-order valence-corrected chi connectivity index (χ0v) is 8.81. The van der Waals surface area contributed by atoms with Crippen molar-refractivity contribution in [3.8, 4) is 0 Å². The van der Waals surface area contributed by atoms with Crippen LogP contribution in [-0.4, -0.2) is 21.3 Å². The van der Waals surface area contributed by atoms with Gasteiger partial charge in [0.2, 0.25) is 0 Å². The van der Waals surface area contributed by atoms with E-state index in [2.05, 4.69) is 4.98 Å². The van der Waals surface area contributed by atoms with Crippen LogP contribution >= 0.6 is 0 Å². The largest absolute Gasteiger partial charge is 0.395 e. The Balaban J connectivity index is 2.13. The minimum atomic E-state index is -0.234. The molecular weight excluding hydrogens is 207 g/mol. The SMILES string of the molecule is OCCn1ccnc1Cc1ccc(F)cc1. The van der Waals surface area contributed by atoms with E-state index < -0.39 is 0 Å². The van der Waals surface area contributed by atoms with E-state index in [1.54, 1.807) is 18.3 Å². The maximum Gasteiger partial charge on any atom is 0.123 e. The van der Waals surface area contributed by atoms with Crippen molar-refractivity contribution in [2.24, 2.45) is 0 Å². The van der Waals surface area contributed by atoms with Gasteiger partial charge in [0, 0.05) is 25.4 Å². The lowest BCUT2D eigenvalue weighted by molar-refractivity contribution is 0.274. The number of hydrogen-bond donors (Lipinski definition) is 1. The highest BCUT2D eigenvalue weighted by Gasteiger charge is 2.03. The Morgan fingerprint density at radius 2 is 2.00 bits per heavy atom. The number of halogens is 1. The van der Waals surface area contributed by atoms with E-state index in [1.165, 1.54) is 12.1 Å². The standard InChI is InChI=1S/C12H13FN2O/c13-11-3-1-10(2-4-11)9-12-14-5-6-15(12)7-8-16/h1-6,16H,7-9H2. The number of benzene rings is 1. The monoisotopic (exact) mass is 220 g/mol. The van der Waals surface area contributed by atoms with Crippen molar-refractivity contribution in [3.05, 3.63) is 53.9 Å². The highest BCUT2D eigenvalue weighted by atomic mass is 19.1. The van der Waals surface area contributed by atoms with Crippen LogP contribution in [0.25, 0.3) is 0 Å². The quantitative estimate of drug-likeness (QED) is 0.850. The summed E-state index contributed by atoms with van der Waals surface area (Å²) in [5, 5.41) is 8.87. The van der Waals surface area contributed by atoms with Crippen molar-refractivity contribution in [1.29, 1.82) is 0 Å². The van der Waals surface area contributed by atoms with Crippen LogP contribution in [0.1, 0.15) is 11.4 Å². The molecule has 84 valence electrons. The Morgan fingerprint density at radius 3 is 2.69 bits per heavy atom. The summed E-state index contributed by atoms with van der Waals surface area (Å²) in [5.41, 5.74) is 1.01. The molecule has 0 radical (unpaired) electrons. The molecule has 0 spiro atoms. The number of aliphatic hydroxyl groups excluding tert-OH is 1. The van der Waals surface area contributed by atoms with Gasteiger partial charge in [-0.25, -0.2) is 9.37 Å². The van der Waals surface area contributed by atoms with E-state index >= 15 is 0 Å². The third-order valence-electron chi connectivity index (χ3n) is 2.42. The van der Waals surface area contributed by atoms with Crippen LogP contribution in [-0.2, 0) is 13.0 Å². The molecule has 0 saturated carbocycles. The minimum absolute atomic E-state index is 0.0901. The van der Waals surface area contributed by atoms with Crippen LogP contribution in [0, 0.1) is 5.82 Å². The fourth-order valence-corrected chi connectivity index (χ4v) is 1.60. The number of imidazole rings is 1. The van der Waals surface area contributed by atoms with E-state index in [-0.39, 0.29) is 12.4 Å². The van der Waals surface area contributed by atoms with Crippen LogP contribution in [0.3, 0.4) is 0 Å². The maximum atomic E-state index is 12.7. The van der Waals surface area contributed by atoms with Gasteiger partial charge in [0.15, 0.2) is 0 Å². The number of rotatable bonds is 4. The molecule has 0 bridgehead atoms. The Kier molecular flexibility index (Phi) is 3.31. The fraction of sp³-hybridized carbons (Fsp3) is 0.250. The number of aliphatic hydroxyl groups is 1. The first-order valence-electron chi connectivity index (χ1n) is 5.15. The summed E-state index contributed by atoms with van der Waals surface area (Å²) in [6.45, 7) is 0.628. The molecule has 0 aliphatic carbocycles. The third kappa shape index (κ3) is 2.46. The molecule has 1 heterocycles. The molecule has 1 N–H and O–H groups in total. The van der Waals surface area contributed by atoms with Crippen LogP contribution in [0.2, 0.25) is 0 Å². The first kappa shape index (κ1) is 10.8. The Bertz CT molecular complexity index is 450. The smallest absolute Gasteiger partial charge is 0.123 e. The summed E-state index contributed by atoms with van der Waals surface area (Å²) in [6.07, 6.45) is 4.18. The van der Waals surface area contributed by atoms with Crippen LogP contribution in [0.15, 0.2) is 36.7 Å². The van der Waals surface area contributed by atoms with Gasteiger partial charge in [0.25, 0.3) is 0 Å². The number of aromatic nitrogens is 2. The summed E-state index contributed by atoms with van der Waals surface area (Å²) >= 11 is 0. The van der Waals surface area contributed by atoms with E-state index in [4.69, 9.17) is 5.11 Å². The molecule has 4 heteroatoms. The topological polar surface area (TPSA) is 38.0 Å². The molecule has 1 aromatic heterocycles. The fourth-order valence-electron chi connectivity index (χ4n) is 1.60. The van der Waals surface area contributed by atoms with Gasteiger partial charge < -0.3 is 9.67 Å². The summed E-state index contributed by atoms with van der Waals surface area (Å²) < 4.78 is 14.6. The van der Waals surface area contributed by atoms with Crippen LogP contribution < -0.4 is 0 Å². The minimum Gasteiger partial charge on any atom is -0.395 e. The summed E-state index contributed by atoms with van der Waals surface area (Å²) in [5.74, 6) is 0.642. The molecule has 0 atom stereocenters. The molecule has 3 nitrogen and oxygen atoms in total. The lowest BCUT2D eigenvalue weighted by Crippen LogP contribution is -2.06. The van der Waals surface area contributed by atoms with Gasteiger partial charge in [-0.3, -0.25) is 0 Å². The van der Waals surface area contributed by atoms with Gasteiger partial charge >= 0.3 is 0 Å². The van der Waals surface area contributed by atoms with E-state index in [0.29, 0.717) is 13.0 Å². The molecule has 2 rings (SSSR count). The lowest BCUT2D eigenvalue weighted by Gasteiger charge is -2.05. The normalized spacial score (nSPS) is 10.6. The predicted molar refractivity (Wildman–Crippen MR) is 58.5 cm³/mol. The molecule has 0 fully saturated rings. The number of nitrogens with zero attached hydrogens (tertiary/aromatic N) is 2. The second-order valence-corrected chi connectivity index (χ2v) is 3.56. The van der Waals surface area contributed by atoms with Crippen LogP contribution in [0.4, 0.5) is 4.39 Å². The maximum absolute atomic E-state index is 12.7. The first-order chi connectivity index (χ1) is 7.79. The lowest BCUT2D eigenvalue weighted by atomic mass is 10.1. The molecule has 2 aromatic rings. The van der Waals surface area contributed by atoms with Crippen molar-refractivity contribution in [2.45, 2.75) is 13.0 Å². The predicted octanol–water partition coefficient (Wildman–Crippen LogP) is 1.61. The molecule has 1 aromatic carbocycles. The Hall–Kier alpha value is -1.68. The first-order valence-corrected chi connectivity index (χ1v) is 5.15. The van der Waals surface area contributed by atoms with E-state index in [9.17, 15) is 4.39 Å². The summed E-state index contributed by atoms with van der Waals surface area (Å²) in [7, 11) is 0. The Labute approximate surface area is 93.2 Å². The van der Waals surface area contributed by atoms with Crippen molar-refractivity contribution < 1.29 is 9.50 Å². The molecule has 0 amide bonds. The van der Waals surface area contributed by atoms with Gasteiger partial charge in [-0.15, -0.1) is 0 Å². The molecule has 0 aliphatic rings. The second-order valence-electron chi connectivity index (χ2n) is 3.56. The summed E-state index contributed by atoms with van der Waals surface area (Å²) in [4.78, 5) is 4.21. The van der Waals surface area contributed by atoms with E-state index in [0.717, 1.165) is 11.4 Å². The van der Waals surface area contributed by atoms with Crippen molar-refractivity contribution in [3.63, 3.8) is 0 Å². The molecule has 0 saturated heterocycles. The van der Waals surface area contributed by atoms with Crippen molar-refractivity contribution in [1.82, 2.24) is 9.55 Å². The average Bonchev–Trinajstić information content (AvgIpc) is 2.70. The zero-order valence-electron chi connectivity index (χ0n) is 8.81. The average molecular weight is 220 g/mol. The second kappa shape index (κ2) is 4.90. The molecular formula is C12H13FN2O. The highest BCUT2D eigenvalue weighted by Crippen LogP contribution is 2.09. The molecule has 0 aliphatic heterocycles. The molecule has 0 unspecified atom stereocenters. The van der Waals surface area contributed by atoms with Gasteiger partial charge in [-0.05, 0) is 17.7 Å². The van der Waals surface area contributed by atoms with Crippen molar-refractivity contribution >= 4 is 0 Å². The van der Waals surface area contributed by atoms with Gasteiger partial charge in [0.1, 0.15) is 11.6 Å². The molecule has 16 heavy (non-hydrogen) atoms. The summed E-state index contributed by atoms with van der Waals surface area (Å²) in [6, 6.07) is 6.36. The van der Waals surface area contributed by atoms with Gasteiger partial charge in [0.05, 0.1) is 6.61 Å². The Morgan fingerprint density at radius 1 is 1.25 bits per heavy atom. The van der Waals surface area contributed by atoms with Crippen LogP contribution in [0.5, 0.6) is 0 Å². The highest BCUT2D eigenvalue weighted by molar-refractivity contribution is 5.20. The van der Waals surface area contributed by atoms with Gasteiger partial charge in [-0.2, -0.15) is 0 Å². The third-order valence-corrected chi connectivity index (χ3v) is 2.42. The van der Waals surface area contributed by atoms with Gasteiger partial charge in [-0.1, -0.05) is 12.1 Å². The van der Waals surface area contributed by atoms with Crippen molar-refractivity contribution in [2.75, 3.05) is 6.61 Å². The van der Waals surface area contributed by atoms with E-state index in [1.807, 2.05) is 10.8 Å². The number of hydrogen-bond acceptors (Lipinski definition) is 2. The zero-order chi connectivity index (χ0) is 11.4.